The smallest absolute Gasteiger partial charge is 0.246 e. The number of amides is 1. The van der Waals surface area contributed by atoms with E-state index < -0.39 is 0 Å². The Morgan fingerprint density at radius 3 is 2.71 bits per heavy atom. The molecule has 0 aliphatic carbocycles. The van der Waals surface area contributed by atoms with Crippen molar-refractivity contribution in [2.45, 2.75) is 13.1 Å². The highest BCUT2D eigenvalue weighted by Crippen LogP contribution is 2.37. The highest BCUT2D eigenvalue weighted by atomic mass is 35.5. The fourth-order valence-corrected chi connectivity index (χ4v) is 3.58. The van der Waals surface area contributed by atoms with Crippen LogP contribution in [0.5, 0.6) is 0 Å². The first-order valence-electron chi connectivity index (χ1n) is 8.74. The standard InChI is InChI=1S/C21H16ClN5O/c1-2-19(28)26-9-10-27-18(13-26)20(14-5-7-24-8-6-14)21(25-27)15-3-4-17(22)16(11-15)12-23/h2-8,11H,1,9-10,13H2. The van der Waals surface area contributed by atoms with Gasteiger partial charge in [0.05, 0.1) is 29.4 Å². The van der Waals surface area contributed by atoms with E-state index in [1.54, 1.807) is 29.4 Å². The second-order valence-electron chi connectivity index (χ2n) is 6.40. The molecule has 0 unspecified atom stereocenters. The average molecular weight is 390 g/mol. The monoisotopic (exact) mass is 389 g/mol. The molecule has 1 aromatic carbocycles. The molecule has 4 rings (SSSR count). The normalized spacial score (nSPS) is 12.9. The van der Waals surface area contributed by atoms with Gasteiger partial charge in [-0.1, -0.05) is 24.2 Å². The number of carbonyl (C=O) groups excluding carboxylic acids is 1. The zero-order valence-electron chi connectivity index (χ0n) is 15.0. The van der Waals surface area contributed by atoms with E-state index in [0.717, 1.165) is 28.1 Å². The van der Waals surface area contributed by atoms with Gasteiger partial charge in [-0.3, -0.25) is 14.5 Å². The van der Waals surface area contributed by atoms with Gasteiger partial charge >= 0.3 is 0 Å². The summed E-state index contributed by atoms with van der Waals surface area (Å²) in [6.45, 7) is 5.18. The van der Waals surface area contributed by atoms with Crippen molar-refractivity contribution in [1.82, 2.24) is 19.7 Å². The van der Waals surface area contributed by atoms with Crippen molar-refractivity contribution >= 4 is 17.5 Å². The van der Waals surface area contributed by atoms with E-state index in [0.29, 0.717) is 30.2 Å². The molecule has 6 nitrogen and oxygen atoms in total. The van der Waals surface area contributed by atoms with Gasteiger partial charge in [0.15, 0.2) is 0 Å². The van der Waals surface area contributed by atoms with Crippen molar-refractivity contribution < 1.29 is 4.79 Å². The number of halogens is 1. The van der Waals surface area contributed by atoms with Crippen molar-refractivity contribution in [1.29, 1.82) is 5.26 Å². The zero-order valence-corrected chi connectivity index (χ0v) is 15.7. The largest absolute Gasteiger partial charge is 0.331 e. The van der Waals surface area contributed by atoms with Crippen molar-refractivity contribution in [2.75, 3.05) is 6.54 Å². The lowest BCUT2D eigenvalue weighted by Crippen LogP contribution is -2.37. The summed E-state index contributed by atoms with van der Waals surface area (Å²) >= 11 is 6.10. The van der Waals surface area contributed by atoms with Crippen LogP contribution in [0.15, 0.2) is 55.4 Å². The minimum atomic E-state index is -0.104. The van der Waals surface area contributed by atoms with E-state index in [1.165, 1.54) is 6.08 Å². The lowest BCUT2D eigenvalue weighted by molar-refractivity contribution is -0.127. The molecule has 7 heteroatoms. The van der Waals surface area contributed by atoms with Crippen LogP contribution in [0.4, 0.5) is 0 Å². The Hall–Kier alpha value is -3.43. The molecule has 1 amide bonds. The summed E-state index contributed by atoms with van der Waals surface area (Å²) in [5.41, 5.74) is 4.77. The van der Waals surface area contributed by atoms with Crippen LogP contribution in [-0.4, -0.2) is 32.1 Å². The second kappa shape index (κ2) is 7.29. The fourth-order valence-electron chi connectivity index (χ4n) is 3.42. The van der Waals surface area contributed by atoms with Crippen molar-refractivity contribution in [3.05, 3.63) is 71.7 Å². The Bertz CT molecular complexity index is 1110. The van der Waals surface area contributed by atoms with E-state index in [-0.39, 0.29) is 5.91 Å². The van der Waals surface area contributed by atoms with Crippen LogP contribution in [0.3, 0.4) is 0 Å². The van der Waals surface area contributed by atoms with Crippen molar-refractivity contribution in [3.8, 4) is 28.5 Å². The van der Waals surface area contributed by atoms with Gasteiger partial charge in [0, 0.05) is 30.1 Å². The number of fused-ring (bicyclic) bond motifs is 1. The van der Waals surface area contributed by atoms with Gasteiger partial charge in [-0.05, 0) is 35.9 Å². The third-order valence-electron chi connectivity index (χ3n) is 4.80. The van der Waals surface area contributed by atoms with Gasteiger partial charge in [-0.15, -0.1) is 0 Å². The number of hydrogen-bond donors (Lipinski definition) is 0. The van der Waals surface area contributed by atoms with E-state index in [1.807, 2.05) is 22.9 Å². The first kappa shape index (κ1) is 18.0. The minimum absolute atomic E-state index is 0.104. The lowest BCUT2D eigenvalue weighted by Gasteiger charge is -2.27. The van der Waals surface area contributed by atoms with E-state index >= 15 is 0 Å². The molecule has 3 aromatic rings. The summed E-state index contributed by atoms with van der Waals surface area (Å²) in [5.74, 6) is -0.104. The number of benzene rings is 1. The number of nitriles is 1. The summed E-state index contributed by atoms with van der Waals surface area (Å²) < 4.78 is 1.93. The molecular weight excluding hydrogens is 374 g/mol. The van der Waals surface area contributed by atoms with Crippen LogP contribution in [0, 0.1) is 11.3 Å². The van der Waals surface area contributed by atoms with Crippen LogP contribution in [0.2, 0.25) is 5.02 Å². The first-order chi connectivity index (χ1) is 13.6. The van der Waals surface area contributed by atoms with Crippen molar-refractivity contribution in [2.24, 2.45) is 0 Å². The SMILES string of the molecule is C=CC(=O)N1CCn2nc(-c3ccc(Cl)c(C#N)c3)c(-c3ccncc3)c2C1. The maximum atomic E-state index is 12.1. The van der Waals surface area contributed by atoms with Gasteiger partial charge in [0.2, 0.25) is 5.91 Å². The minimum Gasteiger partial charge on any atom is -0.331 e. The molecular formula is C21H16ClN5O. The van der Waals surface area contributed by atoms with Crippen LogP contribution < -0.4 is 0 Å². The number of pyridine rings is 1. The maximum Gasteiger partial charge on any atom is 0.246 e. The molecule has 1 aliphatic rings. The summed E-state index contributed by atoms with van der Waals surface area (Å²) in [4.78, 5) is 18.0. The van der Waals surface area contributed by atoms with Crippen LogP contribution in [-0.2, 0) is 17.9 Å². The molecule has 2 aromatic heterocycles. The molecule has 138 valence electrons. The second-order valence-corrected chi connectivity index (χ2v) is 6.81. The van der Waals surface area contributed by atoms with Gasteiger partial charge < -0.3 is 4.90 Å². The Morgan fingerprint density at radius 1 is 1.21 bits per heavy atom. The summed E-state index contributed by atoms with van der Waals surface area (Å²) in [6.07, 6.45) is 4.78. The average Bonchev–Trinajstić information content (AvgIpc) is 3.12. The topological polar surface area (TPSA) is 74.8 Å². The highest BCUT2D eigenvalue weighted by molar-refractivity contribution is 6.31. The van der Waals surface area contributed by atoms with Crippen LogP contribution >= 0.6 is 11.6 Å². The molecule has 0 saturated carbocycles. The van der Waals surface area contributed by atoms with Gasteiger partial charge in [0.25, 0.3) is 0 Å². The Balaban J connectivity index is 1.91. The fraction of sp³-hybridized carbons (Fsp3) is 0.143. The summed E-state index contributed by atoms with van der Waals surface area (Å²) in [7, 11) is 0. The highest BCUT2D eigenvalue weighted by Gasteiger charge is 2.27. The number of rotatable bonds is 3. The van der Waals surface area contributed by atoms with Gasteiger partial charge in [-0.25, -0.2) is 0 Å². The Labute approximate surface area is 167 Å². The Morgan fingerprint density at radius 2 is 2.00 bits per heavy atom. The van der Waals surface area contributed by atoms with Crippen molar-refractivity contribution in [3.63, 3.8) is 0 Å². The van der Waals surface area contributed by atoms with Crippen LogP contribution in [0.25, 0.3) is 22.4 Å². The molecule has 0 bridgehead atoms. The number of carbonyl (C=O) groups is 1. The predicted molar refractivity (Wildman–Crippen MR) is 106 cm³/mol. The van der Waals surface area contributed by atoms with Gasteiger partial charge in [-0.2, -0.15) is 10.4 Å². The van der Waals surface area contributed by atoms with Crippen LogP contribution in [0.1, 0.15) is 11.3 Å². The van der Waals surface area contributed by atoms with E-state index in [9.17, 15) is 10.1 Å². The molecule has 0 fully saturated rings. The first-order valence-corrected chi connectivity index (χ1v) is 9.11. The molecule has 0 N–H and O–H groups in total. The summed E-state index contributed by atoms with van der Waals surface area (Å²) in [5, 5.41) is 14.5. The molecule has 0 spiro atoms. The quantitative estimate of drug-likeness (QED) is 0.640. The predicted octanol–water partition coefficient (Wildman–Crippen LogP) is 3.67. The molecule has 1 aliphatic heterocycles. The lowest BCUT2D eigenvalue weighted by atomic mass is 9.98. The van der Waals surface area contributed by atoms with E-state index in [4.69, 9.17) is 16.7 Å². The number of hydrogen-bond acceptors (Lipinski definition) is 4. The zero-order chi connectivity index (χ0) is 19.7. The number of aromatic nitrogens is 3. The third-order valence-corrected chi connectivity index (χ3v) is 5.13. The molecule has 3 heterocycles. The summed E-state index contributed by atoms with van der Waals surface area (Å²) in [6, 6.07) is 11.2. The molecule has 0 saturated heterocycles. The third kappa shape index (κ3) is 3.06. The molecule has 0 atom stereocenters. The maximum absolute atomic E-state index is 12.1. The van der Waals surface area contributed by atoms with Gasteiger partial charge in [0.1, 0.15) is 11.8 Å². The van der Waals surface area contributed by atoms with E-state index in [2.05, 4.69) is 17.6 Å². The Kier molecular flexibility index (Phi) is 4.68. The number of nitrogens with zero attached hydrogens (tertiary/aromatic N) is 5. The molecule has 28 heavy (non-hydrogen) atoms. The molecule has 0 radical (unpaired) electrons.